The van der Waals surface area contributed by atoms with Gasteiger partial charge in [-0.1, -0.05) is 32.9 Å². The van der Waals surface area contributed by atoms with Gasteiger partial charge >= 0.3 is 5.97 Å². The van der Waals surface area contributed by atoms with Crippen molar-refractivity contribution < 1.29 is 38.0 Å². The van der Waals surface area contributed by atoms with Gasteiger partial charge in [0.2, 0.25) is 0 Å². The van der Waals surface area contributed by atoms with Gasteiger partial charge in [-0.3, -0.25) is 4.79 Å². The molecule has 2 spiro atoms. The number of hydrogen-bond donors (Lipinski definition) is 1. The molecule has 7 aliphatic rings. The SMILES string of the molecule is CNC(=O)c1ccc(C(OC)O[C@@H]2[C@@]3(C(C)C)O[C@H]3[C@@H]3O[C@]34[C@]23O[C@H]3C[C@H]2C3=C(CC[C@@]24C)C(=O)OC3)cc1. The summed E-state index contributed by atoms with van der Waals surface area (Å²) in [5.41, 5.74) is 1.42. The Bertz CT molecular complexity index is 1320. The molecule has 8 rings (SSSR count). The number of epoxide rings is 3. The first-order valence-electron chi connectivity index (χ1n) is 14.1. The lowest BCUT2D eigenvalue weighted by atomic mass is 9.46. The molecule has 1 N–H and O–H groups in total. The molecule has 1 unspecified atom stereocenters. The molecule has 39 heavy (non-hydrogen) atoms. The van der Waals surface area contributed by atoms with Crippen LogP contribution in [0.4, 0.5) is 0 Å². The Morgan fingerprint density at radius 2 is 1.90 bits per heavy atom. The van der Waals surface area contributed by atoms with Crippen molar-refractivity contribution in [3.63, 3.8) is 0 Å². The molecule has 1 aromatic rings. The van der Waals surface area contributed by atoms with Crippen LogP contribution in [-0.2, 0) is 33.2 Å². The van der Waals surface area contributed by atoms with Gasteiger partial charge in [-0.15, -0.1) is 0 Å². The highest BCUT2D eigenvalue weighted by molar-refractivity contribution is 5.94. The quantitative estimate of drug-likeness (QED) is 0.335. The van der Waals surface area contributed by atoms with Crippen LogP contribution < -0.4 is 5.32 Å². The lowest BCUT2D eigenvalue weighted by molar-refractivity contribution is -0.217. The Morgan fingerprint density at radius 1 is 1.13 bits per heavy atom. The van der Waals surface area contributed by atoms with Crippen molar-refractivity contribution in [3.05, 3.63) is 46.5 Å². The number of benzene rings is 1. The number of nitrogens with one attached hydrogen (secondary N) is 1. The van der Waals surface area contributed by atoms with E-state index in [0.29, 0.717) is 18.6 Å². The fourth-order valence-electron chi connectivity index (χ4n) is 9.20. The lowest BCUT2D eigenvalue weighted by Gasteiger charge is -2.54. The van der Waals surface area contributed by atoms with Crippen molar-refractivity contribution in [1.82, 2.24) is 5.32 Å². The monoisotopic (exact) mass is 537 g/mol. The number of carbonyl (C=O) groups excluding carboxylic acids is 2. The molecule has 2 saturated carbocycles. The number of methoxy groups -OCH3 is 1. The first kappa shape index (κ1) is 24.5. The molecular weight excluding hydrogens is 502 g/mol. The minimum atomic E-state index is -0.673. The third kappa shape index (κ3) is 2.65. The molecule has 9 heteroatoms. The van der Waals surface area contributed by atoms with Crippen LogP contribution in [0.2, 0.25) is 0 Å². The molecule has 9 nitrogen and oxygen atoms in total. The molecular formula is C30H35NO8. The Morgan fingerprint density at radius 3 is 2.59 bits per heavy atom. The Labute approximate surface area is 227 Å². The molecule has 208 valence electrons. The molecule has 1 amide bonds. The van der Waals surface area contributed by atoms with Crippen molar-refractivity contribution in [2.24, 2.45) is 17.3 Å². The third-order valence-electron chi connectivity index (χ3n) is 11.2. The average molecular weight is 538 g/mol. The molecule has 4 heterocycles. The molecule has 0 bridgehead atoms. The highest BCUT2D eigenvalue weighted by atomic mass is 16.8. The number of fused-ring (bicyclic) bond motifs is 4. The average Bonchev–Trinajstić information content (AvgIpc) is 3.85. The van der Waals surface area contributed by atoms with Crippen LogP contribution in [0.15, 0.2) is 35.4 Å². The van der Waals surface area contributed by atoms with Crippen molar-refractivity contribution in [2.75, 3.05) is 20.8 Å². The summed E-state index contributed by atoms with van der Waals surface area (Å²) in [6.07, 6.45) is 1.05. The van der Waals surface area contributed by atoms with Crippen molar-refractivity contribution in [3.8, 4) is 0 Å². The molecule has 5 fully saturated rings. The van der Waals surface area contributed by atoms with Crippen LogP contribution in [0.1, 0.15) is 62.2 Å². The molecule has 10 atom stereocenters. The standard InChI is InChI=1S/C30H35NO8/c1-14(2)28-21(38-28)22-30(39-22)27(3)11-10-17-18(13-35-24(17)33)19(27)12-20-29(30,37-20)26(28)36-25(34-5)16-8-6-15(7-9-16)23(32)31-4/h6-9,14,19-22,25-26H,10-13H2,1-5H3,(H,31,32)/t19-,20-,21-,22-,25?,26+,27-,28-,29+,30+/m0/s1. The molecule has 4 aliphatic heterocycles. The second-order valence-corrected chi connectivity index (χ2v) is 12.8. The number of amides is 1. The highest BCUT2D eigenvalue weighted by Gasteiger charge is 3.00. The number of esters is 1. The van der Waals surface area contributed by atoms with Gasteiger partial charge in [0.15, 0.2) is 11.9 Å². The van der Waals surface area contributed by atoms with E-state index in [4.69, 9.17) is 28.4 Å². The zero-order valence-electron chi connectivity index (χ0n) is 22.9. The maximum absolute atomic E-state index is 12.4. The first-order chi connectivity index (χ1) is 18.7. The van der Waals surface area contributed by atoms with E-state index in [1.165, 1.54) is 0 Å². The van der Waals surface area contributed by atoms with Crippen molar-refractivity contribution in [2.45, 2.75) is 87.5 Å². The summed E-state index contributed by atoms with van der Waals surface area (Å²) >= 11 is 0. The topological polar surface area (TPSA) is 111 Å². The number of cyclic esters (lactones) is 1. The van der Waals surface area contributed by atoms with E-state index in [0.717, 1.165) is 29.6 Å². The first-order valence-corrected chi connectivity index (χ1v) is 14.1. The van der Waals surface area contributed by atoms with Gasteiger partial charge in [0, 0.05) is 36.3 Å². The fourth-order valence-corrected chi connectivity index (χ4v) is 9.20. The van der Waals surface area contributed by atoms with E-state index in [2.05, 4.69) is 26.1 Å². The second-order valence-electron chi connectivity index (χ2n) is 12.8. The zero-order valence-corrected chi connectivity index (χ0v) is 22.9. The summed E-state index contributed by atoms with van der Waals surface area (Å²) in [6.45, 7) is 7.04. The Kier molecular flexibility index (Phi) is 4.71. The molecule has 0 radical (unpaired) electrons. The minimum absolute atomic E-state index is 0.0643. The van der Waals surface area contributed by atoms with E-state index in [9.17, 15) is 9.59 Å². The maximum Gasteiger partial charge on any atom is 0.334 e. The number of rotatable bonds is 6. The summed E-state index contributed by atoms with van der Waals surface area (Å²) in [5.74, 6) is 0.0357. The summed E-state index contributed by atoms with van der Waals surface area (Å²) in [4.78, 5) is 24.5. The van der Waals surface area contributed by atoms with Gasteiger partial charge in [0.05, 0.1) is 6.10 Å². The molecule has 3 aliphatic carbocycles. The van der Waals surface area contributed by atoms with Crippen LogP contribution in [0.5, 0.6) is 0 Å². The van der Waals surface area contributed by atoms with Gasteiger partial charge < -0.3 is 33.7 Å². The van der Waals surface area contributed by atoms with Crippen LogP contribution in [-0.4, -0.2) is 73.9 Å². The van der Waals surface area contributed by atoms with Gasteiger partial charge in [-0.05, 0) is 48.8 Å². The van der Waals surface area contributed by atoms with Crippen LogP contribution >= 0.6 is 0 Å². The minimum Gasteiger partial charge on any atom is -0.458 e. The normalized spacial score (nSPS) is 46.6. The summed E-state index contributed by atoms with van der Waals surface area (Å²) in [7, 11) is 3.25. The maximum atomic E-state index is 12.4. The van der Waals surface area contributed by atoms with Crippen molar-refractivity contribution in [1.29, 1.82) is 0 Å². The van der Waals surface area contributed by atoms with Crippen LogP contribution in [0, 0.1) is 17.3 Å². The van der Waals surface area contributed by atoms with E-state index in [1.807, 2.05) is 12.1 Å². The van der Waals surface area contributed by atoms with Gasteiger partial charge in [0.1, 0.15) is 36.1 Å². The third-order valence-corrected chi connectivity index (χ3v) is 11.2. The van der Waals surface area contributed by atoms with E-state index < -0.39 is 29.2 Å². The van der Waals surface area contributed by atoms with Gasteiger partial charge in [0.25, 0.3) is 5.91 Å². The number of hydrogen-bond acceptors (Lipinski definition) is 8. The fraction of sp³-hybridized carbons (Fsp3) is 0.667. The van der Waals surface area contributed by atoms with E-state index >= 15 is 0 Å². The van der Waals surface area contributed by atoms with Crippen LogP contribution in [0.3, 0.4) is 0 Å². The highest BCUT2D eigenvalue weighted by Crippen LogP contribution is 2.83. The predicted molar refractivity (Wildman–Crippen MR) is 136 cm³/mol. The molecule has 3 saturated heterocycles. The largest absolute Gasteiger partial charge is 0.458 e. The Hall–Kier alpha value is -2.30. The molecule has 0 aromatic heterocycles. The second kappa shape index (κ2) is 7.50. The predicted octanol–water partition coefficient (Wildman–Crippen LogP) is 2.83. The Balaban J connectivity index is 1.18. The number of carbonyl (C=O) groups is 2. The zero-order chi connectivity index (χ0) is 27.1. The van der Waals surface area contributed by atoms with Crippen LogP contribution in [0.25, 0.3) is 0 Å². The summed E-state index contributed by atoms with van der Waals surface area (Å²) in [5, 5.41) is 2.65. The number of ether oxygens (including phenoxy) is 6. The van der Waals surface area contributed by atoms with Crippen molar-refractivity contribution >= 4 is 11.9 Å². The summed E-state index contributed by atoms with van der Waals surface area (Å²) < 4.78 is 38.6. The lowest BCUT2D eigenvalue weighted by Crippen LogP contribution is -2.69. The smallest absolute Gasteiger partial charge is 0.334 e. The van der Waals surface area contributed by atoms with Gasteiger partial charge in [-0.2, -0.15) is 0 Å². The van der Waals surface area contributed by atoms with E-state index in [1.54, 1.807) is 26.3 Å². The van der Waals surface area contributed by atoms with E-state index in [-0.39, 0.29) is 47.4 Å². The molecule has 1 aromatic carbocycles. The summed E-state index contributed by atoms with van der Waals surface area (Å²) in [6, 6.07) is 7.29. The van der Waals surface area contributed by atoms with Gasteiger partial charge in [-0.25, -0.2) is 4.79 Å².